The van der Waals surface area contributed by atoms with E-state index in [1.54, 1.807) is 6.08 Å². The fourth-order valence-electron chi connectivity index (χ4n) is 6.71. The summed E-state index contributed by atoms with van der Waals surface area (Å²) >= 11 is 0. The zero-order valence-electron chi connectivity index (χ0n) is 15.3. The zero-order chi connectivity index (χ0) is 18.2. The minimum atomic E-state index is -1.34. The maximum absolute atomic E-state index is 12.2. The summed E-state index contributed by atoms with van der Waals surface area (Å²) in [4.78, 5) is 24.1. The molecule has 0 heterocycles. The SMILES string of the molecule is CC(=O)[C@]1(O)CC[C@H]2[C@@H]3C=CC4=CC(=O)CC[C@]4(C)[C@H]3[C@@H](O)CC21C. The highest BCUT2D eigenvalue weighted by Gasteiger charge is 2.67. The second kappa shape index (κ2) is 5.14. The topological polar surface area (TPSA) is 74.6 Å². The molecule has 25 heavy (non-hydrogen) atoms. The minimum absolute atomic E-state index is 0.0456. The standard InChI is InChI=1S/C21H28O4/c1-12(22)21(25)9-7-16-15-5-4-13-10-14(23)6-8-19(13,2)18(15)17(24)11-20(16,21)3/h4-5,10,15-18,24-25H,6-9,11H2,1-3H3/t15-,16-,17-,18+,19-,20?,21+/m0/s1. The number of Topliss-reactive ketones (excluding diaryl/α,β-unsaturated/α-hetero) is 1. The zero-order valence-corrected chi connectivity index (χ0v) is 15.3. The van der Waals surface area contributed by atoms with E-state index in [4.69, 9.17) is 0 Å². The first-order valence-electron chi connectivity index (χ1n) is 9.48. The number of allylic oxidation sites excluding steroid dienone is 4. The van der Waals surface area contributed by atoms with Crippen LogP contribution < -0.4 is 0 Å². The smallest absolute Gasteiger partial charge is 0.161 e. The molecule has 0 bridgehead atoms. The molecule has 0 amide bonds. The van der Waals surface area contributed by atoms with Crippen LogP contribution in [-0.2, 0) is 9.59 Å². The molecule has 1 unspecified atom stereocenters. The van der Waals surface area contributed by atoms with E-state index >= 15 is 0 Å². The van der Waals surface area contributed by atoms with E-state index in [0.29, 0.717) is 19.3 Å². The van der Waals surface area contributed by atoms with Gasteiger partial charge in [-0.1, -0.05) is 26.0 Å². The van der Waals surface area contributed by atoms with E-state index in [1.807, 2.05) is 6.92 Å². The third-order valence-corrected chi connectivity index (χ3v) is 8.19. The molecular formula is C21H28O4. The summed E-state index contributed by atoms with van der Waals surface area (Å²) in [5.74, 6) is 0.347. The Morgan fingerprint density at radius 3 is 2.68 bits per heavy atom. The summed E-state index contributed by atoms with van der Waals surface area (Å²) in [5, 5.41) is 22.3. The summed E-state index contributed by atoms with van der Waals surface area (Å²) in [6, 6.07) is 0. The van der Waals surface area contributed by atoms with Gasteiger partial charge in [-0.2, -0.15) is 0 Å². The number of aliphatic hydroxyl groups is 2. The Bertz CT molecular complexity index is 707. The van der Waals surface area contributed by atoms with Crippen LogP contribution in [0.2, 0.25) is 0 Å². The Morgan fingerprint density at radius 2 is 2.00 bits per heavy atom. The Hall–Kier alpha value is -1.26. The van der Waals surface area contributed by atoms with Gasteiger partial charge in [0.1, 0.15) is 5.60 Å². The molecule has 2 fully saturated rings. The third kappa shape index (κ3) is 2.01. The van der Waals surface area contributed by atoms with Crippen molar-refractivity contribution in [3.63, 3.8) is 0 Å². The van der Waals surface area contributed by atoms with Gasteiger partial charge in [0, 0.05) is 17.8 Å². The minimum Gasteiger partial charge on any atom is -0.393 e. The maximum atomic E-state index is 12.2. The molecular weight excluding hydrogens is 316 g/mol. The molecule has 4 nitrogen and oxygen atoms in total. The van der Waals surface area contributed by atoms with Gasteiger partial charge in [0.15, 0.2) is 11.6 Å². The van der Waals surface area contributed by atoms with Gasteiger partial charge >= 0.3 is 0 Å². The van der Waals surface area contributed by atoms with Crippen LogP contribution >= 0.6 is 0 Å². The normalized spacial score (nSPS) is 51.4. The van der Waals surface area contributed by atoms with E-state index in [-0.39, 0.29) is 34.7 Å². The van der Waals surface area contributed by atoms with Crippen LogP contribution in [0.3, 0.4) is 0 Å². The third-order valence-electron chi connectivity index (χ3n) is 8.19. The summed E-state index contributed by atoms with van der Waals surface area (Å²) in [6.45, 7) is 5.62. The van der Waals surface area contributed by atoms with Crippen LogP contribution in [0.15, 0.2) is 23.8 Å². The van der Waals surface area contributed by atoms with Crippen molar-refractivity contribution in [2.45, 2.75) is 64.6 Å². The average Bonchev–Trinajstić information content (AvgIpc) is 2.80. The average molecular weight is 344 g/mol. The number of carbonyl (C=O) groups is 2. The van der Waals surface area contributed by atoms with E-state index in [9.17, 15) is 19.8 Å². The lowest BCUT2D eigenvalue weighted by molar-refractivity contribution is -0.170. The van der Waals surface area contributed by atoms with Gasteiger partial charge in [0.05, 0.1) is 6.10 Å². The summed E-state index contributed by atoms with van der Waals surface area (Å²) in [5.41, 5.74) is -1.10. The number of hydrogen-bond acceptors (Lipinski definition) is 4. The number of hydrogen-bond donors (Lipinski definition) is 2. The lowest BCUT2D eigenvalue weighted by Crippen LogP contribution is -2.60. The first kappa shape index (κ1) is 17.2. The number of aliphatic hydroxyl groups excluding tert-OH is 1. The summed E-state index contributed by atoms with van der Waals surface area (Å²) in [7, 11) is 0. The molecule has 7 atom stereocenters. The molecule has 136 valence electrons. The van der Waals surface area contributed by atoms with Gasteiger partial charge in [-0.3, -0.25) is 9.59 Å². The van der Waals surface area contributed by atoms with Gasteiger partial charge in [0.2, 0.25) is 0 Å². The fourth-order valence-corrected chi connectivity index (χ4v) is 6.71. The van der Waals surface area contributed by atoms with Gasteiger partial charge in [-0.25, -0.2) is 0 Å². The van der Waals surface area contributed by atoms with Gasteiger partial charge < -0.3 is 10.2 Å². The molecule has 0 aliphatic heterocycles. The van der Waals surface area contributed by atoms with Crippen LogP contribution in [0.5, 0.6) is 0 Å². The Labute approximate surface area is 149 Å². The predicted molar refractivity (Wildman–Crippen MR) is 93.6 cm³/mol. The van der Waals surface area contributed by atoms with Crippen molar-refractivity contribution in [3.05, 3.63) is 23.8 Å². The molecule has 4 aliphatic carbocycles. The molecule has 0 spiro atoms. The van der Waals surface area contributed by atoms with Gasteiger partial charge in [-0.05, 0) is 61.5 Å². The molecule has 4 heteroatoms. The Balaban J connectivity index is 1.80. The van der Waals surface area contributed by atoms with E-state index in [2.05, 4.69) is 19.1 Å². The van der Waals surface area contributed by atoms with Crippen LogP contribution in [-0.4, -0.2) is 33.5 Å². The van der Waals surface area contributed by atoms with E-state index < -0.39 is 17.1 Å². The summed E-state index contributed by atoms with van der Waals surface area (Å²) in [6.07, 6.45) is 8.38. The first-order valence-corrected chi connectivity index (χ1v) is 9.48. The van der Waals surface area contributed by atoms with Crippen molar-refractivity contribution < 1.29 is 19.8 Å². The number of fused-ring (bicyclic) bond motifs is 5. The molecule has 0 saturated heterocycles. The molecule has 4 aliphatic rings. The largest absolute Gasteiger partial charge is 0.393 e. The van der Waals surface area contributed by atoms with Crippen molar-refractivity contribution in [1.29, 1.82) is 0 Å². The molecule has 0 aromatic heterocycles. The number of rotatable bonds is 1. The lowest BCUT2D eigenvalue weighted by Gasteiger charge is -2.58. The van der Waals surface area contributed by atoms with Crippen molar-refractivity contribution in [1.82, 2.24) is 0 Å². The highest BCUT2D eigenvalue weighted by Crippen LogP contribution is 2.66. The summed E-state index contributed by atoms with van der Waals surface area (Å²) < 4.78 is 0. The van der Waals surface area contributed by atoms with Crippen LogP contribution in [0, 0.1) is 28.6 Å². The number of ketones is 2. The van der Waals surface area contributed by atoms with Crippen molar-refractivity contribution in [3.8, 4) is 0 Å². The molecule has 0 aromatic rings. The van der Waals surface area contributed by atoms with Crippen molar-refractivity contribution in [2.75, 3.05) is 0 Å². The Morgan fingerprint density at radius 1 is 1.28 bits per heavy atom. The van der Waals surface area contributed by atoms with Gasteiger partial charge in [0.25, 0.3) is 0 Å². The van der Waals surface area contributed by atoms with Crippen LogP contribution in [0.1, 0.15) is 52.9 Å². The quantitative estimate of drug-likeness (QED) is 0.767. The van der Waals surface area contributed by atoms with Crippen molar-refractivity contribution >= 4 is 11.6 Å². The monoisotopic (exact) mass is 344 g/mol. The molecule has 0 aromatic carbocycles. The molecule has 2 N–H and O–H groups in total. The second-order valence-corrected chi connectivity index (χ2v) is 9.20. The second-order valence-electron chi connectivity index (χ2n) is 9.20. The first-order chi connectivity index (χ1) is 11.6. The van der Waals surface area contributed by atoms with Crippen LogP contribution in [0.25, 0.3) is 0 Å². The predicted octanol–water partition coefficient (Wildman–Crippen LogP) is 2.59. The number of carbonyl (C=O) groups excluding carboxylic acids is 2. The molecule has 2 saturated carbocycles. The van der Waals surface area contributed by atoms with E-state index in [1.165, 1.54) is 6.92 Å². The molecule has 4 rings (SSSR count). The lowest BCUT2D eigenvalue weighted by atomic mass is 9.47. The Kier molecular flexibility index (Phi) is 3.53. The molecule has 0 radical (unpaired) electrons. The maximum Gasteiger partial charge on any atom is 0.161 e. The fraction of sp³-hybridized carbons (Fsp3) is 0.714. The highest BCUT2D eigenvalue weighted by molar-refractivity contribution is 5.92. The van der Waals surface area contributed by atoms with E-state index in [0.717, 1.165) is 18.4 Å². The van der Waals surface area contributed by atoms with Crippen molar-refractivity contribution in [2.24, 2.45) is 28.6 Å². The van der Waals surface area contributed by atoms with Crippen LogP contribution in [0.4, 0.5) is 0 Å². The highest BCUT2D eigenvalue weighted by atomic mass is 16.3. The van der Waals surface area contributed by atoms with Gasteiger partial charge in [-0.15, -0.1) is 0 Å².